The molecular formula is C24H31N3O5S. The zero-order valence-electron chi connectivity index (χ0n) is 19.3. The lowest BCUT2D eigenvalue weighted by molar-refractivity contribution is -0.128. The third-order valence-corrected chi connectivity index (χ3v) is 7.92. The fourth-order valence-corrected chi connectivity index (χ4v) is 5.45. The Bertz CT molecular complexity index is 1080. The van der Waals surface area contributed by atoms with Crippen molar-refractivity contribution in [2.75, 3.05) is 38.6 Å². The lowest BCUT2D eigenvalue weighted by Gasteiger charge is -2.20. The Hall–Kier alpha value is -2.91. The monoisotopic (exact) mass is 473 g/mol. The summed E-state index contributed by atoms with van der Waals surface area (Å²) in [5.74, 6) is -0.551. The number of carbonyl (C=O) groups is 2. The van der Waals surface area contributed by atoms with Crippen LogP contribution in [-0.2, 0) is 26.0 Å². The van der Waals surface area contributed by atoms with Gasteiger partial charge in [0.05, 0.1) is 23.6 Å². The maximum atomic E-state index is 13.0. The van der Waals surface area contributed by atoms with Gasteiger partial charge in [0, 0.05) is 32.6 Å². The van der Waals surface area contributed by atoms with Crippen LogP contribution in [0.2, 0.25) is 0 Å². The average Bonchev–Trinajstić information content (AvgIpc) is 3.19. The van der Waals surface area contributed by atoms with Crippen LogP contribution >= 0.6 is 0 Å². The quantitative estimate of drug-likeness (QED) is 0.572. The molecule has 0 spiro atoms. The van der Waals surface area contributed by atoms with Crippen molar-refractivity contribution < 1.29 is 22.7 Å². The highest BCUT2D eigenvalue weighted by atomic mass is 32.2. The Balaban J connectivity index is 1.71. The van der Waals surface area contributed by atoms with Crippen molar-refractivity contribution in [3.8, 4) is 5.75 Å². The van der Waals surface area contributed by atoms with Crippen LogP contribution in [0.25, 0.3) is 0 Å². The summed E-state index contributed by atoms with van der Waals surface area (Å²) in [6.45, 7) is 5.11. The molecule has 2 amide bonds. The molecule has 2 aromatic carbocycles. The zero-order valence-corrected chi connectivity index (χ0v) is 20.1. The Morgan fingerprint density at radius 1 is 1.15 bits per heavy atom. The largest absolute Gasteiger partial charge is 0.495 e. The van der Waals surface area contributed by atoms with Crippen molar-refractivity contribution in [3.63, 3.8) is 0 Å². The van der Waals surface area contributed by atoms with Crippen LogP contribution in [0, 0.1) is 5.92 Å². The van der Waals surface area contributed by atoms with Gasteiger partial charge >= 0.3 is 0 Å². The highest BCUT2D eigenvalue weighted by molar-refractivity contribution is 7.89. The predicted octanol–water partition coefficient (Wildman–Crippen LogP) is 2.76. The van der Waals surface area contributed by atoms with Crippen molar-refractivity contribution >= 4 is 27.5 Å². The summed E-state index contributed by atoms with van der Waals surface area (Å²) >= 11 is 0. The van der Waals surface area contributed by atoms with Gasteiger partial charge in [-0.15, -0.1) is 0 Å². The number of nitrogens with zero attached hydrogens (tertiary/aromatic N) is 2. The smallest absolute Gasteiger partial charge is 0.243 e. The van der Waals surface area contributed by atoms with Gasteiger partial charge in [0.15, 0.2) is 0 Å². The Kier molecular flexibility index (Phi) is 8.10. The molecule has 0 aromatic heterocycles. The van der Waals surface area contributed by atoms with Crippen LogP contribution in [-0.4, -0.2) is 62.7 Å². The van der Waals surface area contributed by atoms with Crippen molar-refractivity contribution in [1.82, 2.24) is 9.21 Å². The highest BCUT2D eigenvalue weighted by Crippen LogP contribution is 2.30. The molecule has 1 aliphatic rings. The van der Waals surface area contributed by atoms with Gasteiger partial charge in [-0.2, -0.15) is 4.31 Å². The molecule has 1 saturated heterocycles. The number of benzene rings is 2. The van der Waals surface area contributed by atoms with Gasteiger partial charge in [0.1, 0.15) is 5.75 Å². The number of nitrogens with one attached hydrogen (secondary N) is 1. The van der Waals surface area contributed by atoms with Crippen molar-refractivity contribution in [3.05, 3.63) is 54.1 Å². The fourth-order valence-electron chi connectivity index (χ4n) is 3.97. The van der Waals surface area contributed by atoms with Crippen molar-refractivity contribution in [2.24, 2.45) is 5.92 Å². The number of hydrogen-bond acceptors (Lipinski definition) is 5. The molecule has 9 heteroatoms. The van der Waals surface area contributed by atoms with Crippen molar-refractivity contribution in [1.29, 1.82) is 0 Å². The molecule has 0 aliphatic carbocycles. The minimum absolute atomic E-state index is 0.0593. The van der Waals surface area contributed by atoms with Gasteiger partial charge in [-0.3, -0.25) is 9.59 Å². The Morgan fingerprint density at radius 2 is 1.85 bits per heavy atom. The second-order valence-electron chi connectivity index (χ2n) is 7.92. The van der Waals surface area contributed by atoms with E-state index in [1.54, 1.807) is 18.7 Å². The molecule has 1 atom stereocenters. The first-order chi connectivity index (χ1) is 15.8. The molecule has 0 radical (unpaired) electrons. The number of likely N-dealkylation sites (tertiary alicyclic amines) is 1. The third kappa shape index (κ3) is 5.72. The summed E-state index contributed by atoms with van der Waals surface area (Å²) in [6.07, 6.45) is 0.848. The number of hydrogen-bond donors (Lipinski definition) is 1. The molecule has 33 heavy (non-hydrogen) atoms. The van der Waals surface area contributed by atoms with E-state index in [-0.39, 0.29) is 28.8 Å². The number of rotatable bonds is 10. The average molecular weight is 474 g/mol. The molecule has 1 unspecified atom stereocenters. The summed E-state index contributed by atoms with van der Waals surface area (Å²) in [6, 6.07) is 14.3. The van der Waals surface area contributed by atoms with Gasteiger partial charge in [0.25, 0.3) is 0 Å². The van der Waals surface area contributed by atoms with E-state index in [4.69, 9.17) is 4.74 Å². The topological polar surface area (TPSA) is 96.0 Å². The summed E-state index contributed by atoms with van der Waals surface area (Å²) < 4.78 is 32.4. The number of carbonyl (C=O) groups excluding carboxylic acids is 2. The summed E-state index contributed by atoms with van der Waals surface area (Å²) in [4.78, 5) is 27.2. The molecule has 1 N–H and O–H groups in total. The molecule has 1 aliphatic heterocycles. The second kappa shape index (κ2) is 10.8. The molecule has 0 bridgehead atoms. The normalized spacial score (nSPS) is 16.3. The number of anilines is 1. The van der Waals surface area contributed by atoms with E-state index in [0.29, 0.717) is 31.9 Å². The van der Waals surface area contributed by atoms with E-state index in [9.17, 15) is 18.0 Å². The van der Waals surface area contributed by atoms with Gasteiger partial charge in [-0.25, -0.2) is 8.42 Å². The first-order valence-corrected chi connectivity index (χ1v) is 12.5. The zero-order chi connectivity index (χ0) is 24.0. The van der Waals surface area contributed by atoms with Crippen LogP contribution < -0.4 is 10.1 Å². The van der Waals surface area contributed by atoms with Crippen LogP contribution in [0.5, 0.6) is 5.75 Å². The Labute approximate surface area is 195 Å². The predicted molar refractivity (Wildman–Crippen MR) is 127 cm³/mol. The van der Waals surface area contributed by atoms with Crippen LogP contribution in [0.3, 0.4) is 0 Å². The summed E-state index contributed by atoms with van der Waals surface area (Å²) in [5.41, 5.74) is 1.40. The van der Waals surface area contributed by atoms with Gasteiger partial charge < -0.3 is 15.0 Å². The lowest BCUT2D eigenvalue weighted by atomic mass is 10.1. The maximum absolute atomic E-state index is 13.0. The van der Waals surface area contributed by atoms with E-state index < -0.39 is 15.9 Å². The SMILES string of the molecule is CCN(CC)S(=O)(=O)c1ccc(OC)c(NC(=O)C2CC(=O)N(CCc3ccccc3)C2)c1. The minimum Gasteiger partial charge on any atom is -0.495 e. The lowest BCUT2D eigenvalue weighted by Crippen LogP contribution is -2.31. The van der Waals surface area contributed by atoms with Crippen LogP contribution in [0.1, 0.15) is 25.8 Å². The molecule has 2 aromatic rings. The summed E-state index contributed by atoms with van der Waals surface area (Å²) in [7, 11) is -2.24. The molecule has 178 valence electrons. The fraction of sp³-hybridized carbons (Fsp3) is 0.417. The number of methoxy groups -OCH3 is 1. The van der Waals surface area contributed by atoms with Crippen LogP contribution in [0.15, 0.2) is 53.4 Å². The summed E-state index contributed by atoms with van der Waals surface area (Å²) in [5, 5.41) is 2.78. The minimum atomic E-state index is -3.69. The second-order valence-corrected chi connectivity index (χ2v) is 9.86. The van der Waals surface area contributed by atoms with Gasteiger partial charge in [-0.1, -0.05) is 44.2 Å². The maximum Gasteiger partial charge on any atom is 0.243 e. The molecule has 0 saturated carbocycles. The number of sulfonamides is 1. The molecule has 3 rings (SSSR count). The van der Waals surface area contributed by atoms with Gasteiger partial charge in [-0.05, 0) is 30.2 Å². The molecule has 1 fully saturated rings. The molecule has 8 nitrogen and oxygen atoms in total. The number of ether oxygens (including phenoxy) is 1. The number of amides is 2. The first-order valence-electron chi connectivity index (χ1n) is 11.1. The highest BCUT2D eigenvalue weighted by Gasteiger charge is 2.34. The van der Waals surface area contributed by atoms with Crippen molar-refractivity contribution in [2.45, 2.75) is 31.6 Å². The van der Waals surface area contributed by atoms with E-state index in [0.717, 1.165) is 12.0 Å². The van der Waals surface area contributed by atoms with E-state index in [1.807, 2.05) is 30.3 Å². The Morgan fingerprint density at radius 3 is 2.48 bits per heavy atom. The third-order valence-electron chi connectivity index (χ3n) is 5.87. The first kappa shape index (κ1) is 24.7. The molecule has 1 heterocycles. The van der Waals surface area contributed by atoms with Gasteiger partial charge in [0.2, 0.25) is 21.8 Å². The van der Waals surface area contributed by atoms with E-state index >= 15 is 0 Å². The van der Waals surface area contributed by atoms with Crippen LogP contribution in [0.4, 0.5) is 5.69 Å². The standard InChI is InChI=1S/C24H31N3O5S/c1-4-27(5-2)33(30,31)20-11-12-22(32-3)21(16-20)25-24(29)19-15-23(28)26(17-19)14-13-18-9-7-6-8-10-18/h6-12,16,19H,4-5,13-15,17H2,1-3H3,(H,25,29). The van der Waals surface area contributed by atoms with E-state index in [2.05, 4.69) is 5.32 Å². The molecular weight excluding hydrogens is 442 g/mol. The van der Waals surface area contributed by atoms with E-state index in [1.165, 1.54) is 29.6 Å².